The Hall–Kier alpha value is -1.46. The highest BCUT2D eigenvalue weighted by Crippen LogP contribution is 2.27. The molecule has 3 N–H and O–H groups in total. The van der Waals surface area contributed by atoms with Crippen LogP contribution < -0.4 is 5.32 Å². The van der Waals surface area contributed by atoms with Crippen molar-refractivity contribution in [1.29, 1.82) is 0 Å². The molecule has 18 heavy (non-hydrogen) atoms. The van der Waals surface area contributed by atoms with Gasteiger partial charge in [0.15, 0.2) is 11.5 Å². The van der Waals surface area contributed by atoms with Gasteiger partial charge in [-0.1, -0.05) is 6.07 Å². The molecule has 0 heterocycles. The molecule has 0 bridgehead atoms. The zero-order valence-electron chi connectivity index (χ0n) is 9.86. The molecule has 1 amide bonds. The molecule has 0 aliphatic heterocycles. The van der Waals surface area contributed by atoms with Gasteiger partial charge in [-0.2, -0.15) is 0 Å². The van der Waals surface area contributed by atoms with Gasteiger partial charge in [-0.15, -0.1) is 11.6 Å². The fraction of sp³-hybridized carbons (Fsp3) is 0.417. The van der Waals surface area contributed by atoms with Gasteiger partial charge in [-0.3, -0.25) is 4.79 Å². The van der Waals surface area contributed by atoms with Crippen molar-refractivity contribution in [3.63, 3.8) is 0 Å². The molecule has 0 spiro atoms. The Bertz CT molecular complexity index is 398. The molecule has 0 radical (unpaired) electrons. The predicted molar refractivity (Wildman–Crippen MR) is 68.3 cm³/mol. The van der Waals surface area contributed by atoms with Crippen LogP contribution >= 0.6 is 11.6 Å². The summed E-state index contributed by atoms with van der Waals surface area (Å²) in [4.78, 5) is 11.7. The highest BCUT2D eigenvalue weighted by atomic mass is 35.5. The second-order valence-corrected chi connectivity index (χ2v) is 3.96. The second-order valence-electron chi connectivity index (χ2n) is 3.58. The molecule has 1 rings (SSSR count). The Kier molecular flexibility index (Phi) is 6.32. The maximum atomic E-state index is 11.7. The summed E-state index contributed by atoms with van der Waals surface area (Å²) in [6.07, 6.45) is 0.655. The number of rotatable bonds is 7. The van der Waals surface area contributed by atoms with Gasteiger partial charge < -0.3 is 20.3 Å². The van der Waals surface area contributed by atoms with E-state index in [1.807, 2.05) is 0 Å². The topological polar surface area (TPSA) is 78.8 Å². The van der Waals surface area contributed by atoms with Crippen molar-refractivity contribution in [2.75, 3.05) is 25.6 Å². The normalized spacial score (nSPS) is 10.3. The minimum absolute atomic E-state index is 0.0525. The molecule has 0 aromatic heterocycles. The average Bonchev–Trinajstić information content (AvgIpc) is 2.36. The lowest BCUT2D eigenvalue weighted by Gasteiger charge is -2.07. The molecule has 1 aromatic rings. The molecule has 0 aliphatic rings. The predicted octanol–water partition coefficient (Wildman–Crippen LogP) is 1.47. The molecule has 0 aliphatic carbocycles. The van der Waals surface area contributed by atoms with E-state index in [0.717, 1.165) is 0 Å². The van der Waals surface area contributed by atoms with Crippen LogP contribution in [0.5, 0.6) is 11.5 Å². The zero-order valence-corrected chi connectivity index (χ0v) is 10.6. The summed E-state index contributed by atoms with van der Waals surface area (Å²) in [5.41, 5.74) is 0.0525. The molecule has 0 saturated carbocycles. The van der Waals surface area contributed by atoms with Crippen LogP contribution in [0.25, 0.3) is 0 Å². The Balaban J connectivity index is 2.35. The third-order valence-corrected chi connectivity index (χ3v) is 2.39. The fourth-order valence-electron chi connectivity index (χ4n) is 1.34. The molecule has 1 aromatic carbocycles. The number of alkyl halides is 1. The fourth-order valence-corrected chi connectivity index (χ4v) is 1.45. The number of carbonyl (C=O) groups is 1. The van der Waals surface area contributed by atoms with Gasteiger partial charge in [-0.05, 0) is 18.6 Å². The minimum Gasteiger partial charge on any atom is -0.504 e. The molecular weight excluding hydrogens is 258 g/mol. The molecule has 5 nitrogen and oxygen atoms in total. The van der Waals surface area contributed by atoms with Crippen LogP contribution in [0.15, 0.2) is 18.2 Å². The summed E-state index contributed by atoms with van der Waals surface area (Å²) < 4.78 is 5.14. The number of halogens is 1. The minimum atomic E-state index is -0.430. The standard InChI is InChI=1S/C12H16ClNO4/c13-5-8-18-7-2-6-14-12(17)9-3-1-4-10(15)11(9)16/h1,3-4,15-16H,2,5-8H2,(H,14,17). The number of ether oxygens (including phenoxy) is 1. The summed E-state index contributed by atoms with van der Waals surface area (Å²) in [5.74, 6) is -0.703. The van der Waals surface area contributed by atoms with E-state index < -0.39 is 11.7 Å². The van der Waals surface area contributed by atoms with E-state index in [0.29, 0.717) is 32.1 Å². The summed E-state index contributed by atoms with van der Waals surface area (Å²) >= 11 is 5.43. The second kappa shape index (κ2) is 7.79. The van der Waals surface area contributed by atoms with Crippen molar-refractivity contribution in [1.82, 2.24) is 5.32 Å². The quantitative estimate of drug-likeness (QED) is 0.399. The number of aromatic hydroxyl groups is 2. The van der Waals surface area contributed by atoms with Crippen LogP contribution in [-0.4, -0.2) is 41.8 Å². The molecule has 100 valence electrons. The third-order valence-electron chi connectivity index (χ3n) is 2.23. The highest BCUT2D eigenvalue weighted by Gasteiger charge is 2.12. The Morgan fingerprint density at radius 1 is 1.33 bits per heavy atom. The number of phenolic OH excluding ortho intramolecular Hbond substituents is 2. The molecule has 0 saturated heterocycles. The third kappa shape index (κ3) is 4.43. The Morgan fingerprint density at radius 2 is 2.11 bits per heavy atom. The van der Waals surface area contributed by atoms with Crippen LogP contribution in [0.1, 0.15) is 16.8 Å². The average molecular weight is 274 g/mol. The molecule has 0 fully saturated rings. The van der Waals surface area contributed by atoms with Crippen LogP contribution in [0.3, 0.4) is 0 Å². The summed E-state index contributed by atoms with van der Waals surface area (Å²) in [5, 5.41) is 21.4. The Labute approximate surface area is 110 Å². The molecule has 6 heteroatoms. The van der Waals surface area contributed by atoms with E-state index in [4.69, 9.17) is 16.3 Å². The number of phenols is 2. The number of amides is 1. The van der Waals surface area contributed by atoms with E-state index in [1.54, 1.807) is 0 Å². The first-order chi connectivity index (χ1) is 8.66. The molecule has 0 unspecified atom stereocenters. The smallest absolute Gasteiger partial charge is 0.255 e. The summed E-state index contributed by atoms with van der Waals surface area (Å²) in [6, 6.07) is 4.24. The van der Waals surface area contributed by atoms with Gasteiger partial charge in [0.1, 0.15) is 0 Å². The highest BCUT2D eigenvalue weighted by molar-refractivity contribution is 6.17. The van der Waals surface area contributed by atoms with Gasteiger partial charge in [-0.25, -0.2) is 0 Å². The van der Waals surface area contributed by atoms with Crippen molar-refractivity contribution < 1.29 is 19.7 Å². The first-order valence-electron chi connectivity index (χ1n) is 5.59. The zero-order chi connectivity index (χ0) is 13.4. The van der Waals surface area contributed by atoms with Gasteiger partial charge in [0.05, 0.1) is 12.2 Å². The SMILES string of the molecule is O=C(NCCCOCCCl)c1cccc(O)c1O. The summed E-state index contributed by atoms with van der Waals surface area (Å²) in [6.45, 7) is 1.43. The van der Waals surface area contributed by atoms with Crippen LogP contribution in [-0.2, 0) is 4.74 Å². The van der Waals surface area contributed by atoms with E-state index in [1.165, 1.54) is 18.2 Å². The van der Waals surface area contributed by atoms with Gasteiger partial charge in [0.25, 0.3) is 5.91 Å². The van der Waals surface area contributed by atoms with Crippen molar-refractivity contribution >= 4 is 17.5 Å². The molecule has 0 atom stereocenters. The van der Waals surface area contributed by atoms with E-state index >= 15 is 0 Å². The number of para-hydroxylation sites is 1. The maximum Gasteiger partial charge on any atom is 0.255 e. The first kappa shape index (κ1) is 14.6. The van der Waals surface area contributed by atoms with Crippen LogP contribution in [0.2, 0.25) is 0 Å². The number of hydrogen-bond acceptors (Lipinski definition) is 4. The number of hydrogen-bond donors (Lipinski definition) is 3. The van der Waals surface area contributed by atoms with E-state index in [9.17, 15) is 15.0 Å². The van der Waals surface area contributed by atoms with Crippen molar-refractivity contribution in [3.05, 3.63) is 23.8 Å². The molecular formula is C12H16ClNO4. The lowest BCUT2D eigenvalue weighted by molar-refractivity contribution is 0.0941. The number of benzene rings is 1. The first-order valence-corrected chi connectivity index (χ1v) is 6.13. The monoisotopic (exact) mass is 273 g/mol. The van der Waals surface area contributed by atoms with Crippen LogP contribution in [0, 0.1) is 0 Å². The maximum absolute atomic E-state index is 11.7. The van der Waals surface area contributed by atoms with Gasteiger partial charge in [0, 0.05) is 19.0 Å². The number of carbonyl (C=O) groups excluding carboxylic acids is 1. The van der Waals surface area contributed by atoms with Crippen molar-refractivity contribution in [2.24, 2.45) is 0 Å². The van der Waals surface area contributed by atoms with E-state index in [2.05, 4.69) is 5.32 Å². The van der Waals surface area contributed by atoms with Crippen molar-refractivity contribution in [3.8, 4) is 11.5 Å². The number of nitrogens with one attached hydrogen (secondary N) is 1. The summed E-state index contributed by atoms with van der Waals surface area (Å²) in [7, 11) is 0. The Morgan fingerprint density at radius 3 is 2.83 bits per heavy atom. The van der Waals surface area contributed by atoms with Crippen molar-refractivity contribution in [2.45, 2.75) is 6.42 Å². The largest absolute Gasteiger partial charge is 0.504 e. The van der Waals surface area contributed by atoms with Crippen LogP contribution in [0.4, 0.5) is 0 Å². The van der Waals surface area contributed by atoms with Gasteiger partial charge in [0.2, 0.25) is 0 Å². The lowest BCUT2D eigenvalue weighted by Crippen LogP contribution is -2.25. The van der Waals surface area contributed by atoms with Gasteiger partial charge >= 0.3 is 0 Å². The van der Waals surface area contributed by atoms with E-state index in [-0.39, 0.29) is 11.3 Å². The lowest BCUT2D eigenvalue weighted by atomic mass is 10.1.